The number of urea groups is 1. The van der Waals surface area contributed by atoms with Gasteiger partial charge in [-0.25, -0.2) is 14.1 Å². The van der Waals surface area contributed by atoms with Gasteiger partial charge >= 0.3 is 6.03 Å². The molecule has 0 radical (unpaired) electrons. The average Bonchev–Trinajstić information content (AvgIpc) is 3.37. The molecule has 0 saturated carbocycles. The van der Waals surface area contributed by atoms with Crippen LogP contribution in [0.15, 0.2) is 48.3 Å². The molecule has 9 nitrogen and oxygen atoms in total. The highest BCUT2D eigenvalue weighted by Crippen LogP contribution is 2.30. The molecule has 1 aliphatic rings. The number of halogens is 2. The lowest BCUT2D eigenvalue weighted by Gasteiger charge is -2.24. The van der Waals surface area contributed by atoms with Crippen LogP contribution in [0.2, 0.25) is 5.02 Å². The van der Waals surface area contributed by atoms with Gasteiger partial charge in [0.25, 0.3) is 5.91 Å². The lowest BCUT2D eigenvalue weighted by atomic mass is 10.0. The molecular formula is C23H17ClFN5O4. The first-order chi connectivity index (χ1) is 16.3. The van der Waals surface area contributed by atoms with Crippen molar-refractivity contribution in [1.29, 1.82) is 5.26 Å². The second-order valence-corrected chi connectivity index (χ2v) is 7.75. The van der Waals surface area contributed by atoms with E-state index in [1.54, 1.807) is 6.07 Å². The van der Waals surface area contributed by atoms with Crippen molar-refractivity contribution in [1.82, 2.24) is 20.5 Å². The number of rotatable bonds is 6. The summed E-state index contributed by atoms with van der Waals surface area (Å²) >= 11 is 5.81. The lowest BCUT2D eigenvalue weighted by molar-refractivity contribution is -0.133. The Labute approximate surface area is 197 Å². The minimum absolute atomic E-state index is 0.0656. The van der Waals surface area contributed by atoms with Gasteiger partial charge in [-0.05, 0) is 29.8 Å². The number of imide groups is 1. The second kappa shape index (κ2) is 9.35. The van der Waals surface area contributed by atoms with Gasteiger partial charge in [-0.3, -0.25) is 9.59 Å². The van der Waals surface area contributed by atoms with Crippen LogP contribution in [0, 0.1) is 17.1 Å². The Kier molecular flexibility index (Phi) is 6.32. The van der Waals surface area contributed by atoms with Crippen molar-refractivity contribution in [2.75, 3.05) is 13.2 Å². The maximum Gasteiger partial charge on any atom is 0.330 e. The SMILES string of the molecule is N#Cc1ccc(C(C(=O)NCCO)N2C(=O)NC(=Cc3c[nH]c4c(F)c(Cl)ccc34)C2=O)cc1. The Morgan fingerprint density at radius 1 is 1.26 bits per heavy atom. The Balaban J connectivity index is 1.72. The monoisotopic (exact) mass is 481 g/mol. The Bertz CT molecular complexity index is 1380. The largest absolute Gasteiger partial charge is 0.395 e. The summed E-state index contributed by atoms with van der Waals surface area (Å²) in [7, 11) is 0. The third-order valence-corrected chi connectivity index (χ3v) is 5.55. The average molecular weight is 482 g/mol. The van der Waals surface area contributed by atoms with E-state index in [0.29, 0.717) is 22.1 Å². The third-order valence-electron chi connectivity index (χ3n) is 5.26. The second-order valence-electron chi connectivity index (χ2n) is 7.34. The van der Waals surface area contributed by atoms with Gasteiger partial charge in [-0.1, -0.05) is 29.8 Å². The lowest BCUT2D eigenvalue weighted by Crippen LogP contribution is -2.44. The molecule has 172 valence electrons. The van der Waals surface area contributed by atoms with Gasteiger partial charge in [0.15, 0.2) is 5.82 Å². The van der Waals surface area contributed by atoms with Crippen LogP contribution < -0.4 is 10.6 Å². The number of nitrogens with one attached hydrogen (secondary N) is 3. The Morgan fingerprint density at radius 3 is 2.68 bits per heavy atom. The third kappa shape index (κ3) is 4.10. The van der Waals surface area contributed by atoms with Gasteiger partial charge in [-0.15, -0.1) is 0 Å². The zero-order chi connectivity index (χ0) is 24.4. The number of aliphatic hydroxyl groups is 1. The summed E-state index contributed by atoms with van der Waals surface area (Å²) in [5.41, 5.74) is 1.09. The number of aliphatic hydroxyl groups excluding tert-OH is 1. The number of H-pyrrole nitrogens is 1. The summed E-state index contributed by atoms with van der Waals surface area (Å²) < 4.78 is 14.3. The van der Waals surface area contributed by atoms with Crippen LogP contribution in [0.25, 0.3) is 17.0 Å². The van der Waals surface area contributed by atoms with Crippen molar-refractivity contribution >= 4 is 46.4 Å². The van der Waals surface area contributed by atoms with Gasteiger partial charge in [-0.2, -0.15) is 5.26 Å². The van der Waals surface area contributed by atoms with Crippen LogP contribution in [0.3, 0.4) is 0 Å². The van der Waals surface area contributed by atoms with E-state index < -0.39 is 29.7 Å². The fourth-order valence-electron chi connectivity index (χ4n) is 3.65. The van der Waals surface area contributed by atoms with Crippen molar-refractivity contribution in [2.45, 2.75) is 6.04 Å². The first kappa shape index (κ1) is 23.0. The van der Waals surface area contributed by atoms with Crippen LogP contribution in [-0.4, -0.2) is 46.0 Å². The number of carbonyl (C=O) groups excluding carboxylic acids is 3. The van der Waals surface area contributed by atoms with Gasteiger partial charge in [0, 0.05) is 23.7 Å². The molecule has 2 aromatic carbocycles. The Hall–Kier alpha value is -4.20. The molecule has 1 atom stereocenters. The molecule has 34 heavy (non-hydrogen) atoms. The maximum atomic E-state index is 14.3. The van der Waals surface area contributed by atoms with E-state index in [2.05, 4.69) is 15.6 Å². The normalized spacial score (nSPS) is 15.5. The van der Waals surface area contributed by atoms with Crippen LogP contribution >= 0.6 is 11.6 Å². The number of aromatic amines is 1. The van der Waals surface area contributed by atoms with E-state index in [0.717, 1.165) is 4.90 Å². The predicted molar refractivity (Wildman–Crippen MR) is 121 cm³/mol. The smallest absolute Gasteiger partial charge is 0.330 e. The zero-order valence-electron chi connectivity index (χ0n) is 17.4. The van der Waals surface area contributed by atoms with Gasteiger partial charge in [0.1, 0.15) is 11.7 Å². The van der Waals surface area contributed by atoms with E-state index >= 15 is 0 Å². The van der Waals surface area contributed by atoms with Crippen molar-refractivity contribution in [3.8, 4) is 6.07 Å². The van der Waals surface area contributed by atoms with Crippen LogP contribution in [0.1, 0.15) is 22.7 Å². The number of benzene rings is 2. The minimum Gasteiger partial charge on any atom is -0.395 e. The number of fused-ring (bicyclic) bond motifs is 1. The molecule has 1 saturated heterocycles. The molecule has 3 aromatic rings. The summed E-state index contributed by atoms with van der Waals surface area (Å²) in [5.74, 6) is -2.11. The fourth-order valence-corrected chi connectivity index (χ4v) is 3.81. The number of hydrogen-bond donors (Lipinski definition) is 4. The van der Waals surface area contributed by atoms with Crippen molar-refractivity contribution in [3.63, 3.8) is 0 Å². The highest BCUT2D eigenvalue weighted by molar-refractivity contribution is 6.31. The van der Waals surface area contributed by atoms with E-state index in [1.165, 1.54) is 42.6 Å². The molecule has 4 N–H and O–H groups in total. The van der Waals surface area contributed by atoms with E-state index in [1.807, 2.05) is 6.07 Å². The van der Waals surface area contributed by atoms with E-state index in [9.17, 15) is 18.8 Å². The minimum atomic E-state index is -1.35. The molecule has 0 bridgehead atoms. The summed E-state index contributed by atoms with van der Waals surface area (Å²) in [5, 5.41) is 23.4. The number of nitriles is 1. The summed E-state index contributed by atoms with van der Waals surface area (Å²) in [6, 6.07) is 8.58. The van der Waals surface area contributed by atoms with E-state index in [-0.39, 0.29) is 29.4 Å². The molecule has 4 amide bonds. The molecule has 2 heterocycles. The van der Waals surface area contributed by atoms with Crippen LogP contribution in [-0.2, 0) is 9.59 Å². The number of amides is 4. The molecule has 0 aliphatic carbocycles. The molecular weight excluding hydrogens is 465 g/mol. The number of nitrogens with zero attached hydrogens (tertiary/aromatic N) is 2. The summed E-state index contributed by atoms with van der Waals surface area (Å²) in [6.07, 6.45) is 2.83. The maximum absolute atomic E-state index is 14.3. The number of carbonyl (C=O) groups is 3. The molecule has 1 aliphatic heterocycles. The Morgan fingerprint density at radius 2 is 2.00 bits per heavy atom. The number of aromatic nitrogens is 1. The summed E-state index contributed by atoms with van der Waals surface area (Å²) in [4.78, 5) is 42.4. The molecule has 11 heteroatoms. The topological polar surface area (TPSA) is 138 Å². The van der Waals surface area contributed by atoms with Gasteiger partial charge < -0.3 is 20.7 Å². The first-order valence-corrected chi connectivity index (χ1v) is 10.4. The summed E-state index contributed by atoms with van der Waals surface area (Å²) in [6.45, 7) is -0.417. The first-order valence-electron chi connectivity index (χ1n) is 10.1. The molecule has 4 rings (SSSR count). The highest BCUT2D eigenvalue weighted by atomic mass is 35.5. The van der Waals surface area contributed by atoms with Crippen molar-refractivity contribution in [2.24, 2.45) is 0 Å². The zero-order valence-corrected chi connectivity index (χ0v) is 18.2. The van der Waals surface area contributed by atoms with Gasteiger partial charge in [0.05, 0.1) is 28.8 Å². The molecule has 0 spiro atoms. The molecule has 1 unspecified atom stereocenters. The number of hydrogen-bond acceptors (Lipinski definition) is 5. The highest BCUT2D eigenvalue weighted by Gasteiger charge is 2.42. The molecule has 1 fully saturated rings. The van der Waals surface area contributed by atoms with Gasteiger partial charge in [0.2, 0.25) is 5.91 Å². The fraction of sp³-hybridized carbons (Fsp3) is 0.130. The predicted octanol–water partition coefficient (Wildman–Crippen LogP) is 2.57. The van der Waals surface area contributed by atoms with Crippen molar-refractivity contribution < 1.29 is 23.9 Å². The van der Waals surface area contributed by atoms with Crippen LogP contribution in [0.5, 0.6) is 0 Å². The van der Waals surface area contributed by atoms with Crippen LogP contribution in [0.4, 0.5) is 9.18 Å². The quantitative estimate of drug-likeness (QED) is 0.316. The van der Waals surface area contributed by atoms with Crippen molar-refractivity contribution in [3.05, 3.63) is 75.8 Å². The standard InChI is InChI=1S/C23H17ClFN5O4/c24-16-6-5-15-14(11-28-19(15)18(16)25)9-17-22(33)30(23(34)29-17)20(21(32)27-7-8-31)13-3-1-12(10-26)2-4-13/h1-6,9,11,20,28,31H,7-8H2,(H,27,32)(H,29,34). The van der Waals surface area contributed by atoms with E-state index in [4.69, 9.17) is 22.0 Å². The molecule has 1 aromatic heterocycles.